The van der Waals surface area contributed by atoms with Crippen LogP contribution in [0.25, 0.3) is 0 Å². The van der Waals surface area contributed by atoms with E-state index in [0.717, 1.165) is 41.5 Å². The molecule has 6 nitrogen and oxygen atoms in total. The summed E-state index contributed by atoms with van der Waals surface area (Å²) in [4.78, 5) is 2.29. The van der Waals surface area contributed by atoms with Crippen LogP contribution < -0.4 is 19.5 Å². The van der Waals surface area contributed by atoms with Crippen LogP contribution in [0.5, 0.6) is 17.2 Å². The molecular formula is C23H32N2O4S. The minimum Gasteiger partial charge on any atom is -0.496 e. The summed E-state index contributed by atoms with van der Waals surface area (Å²) in [5.41, 5.74) is 2.22. The number of hydrogen-bond donors (Lipinski definition) is 2. The van der Waals surface area contributed by atoms with Crippen molar-refractivity contribution in [3.05, 3.63) is 53.6 Å². The van der Waals surface area contributed by atoms with Crippen molar-refractivity contribution in [3.63, 3.8) is 0 Å². The van der Waals surface area contributed by atoms with Crippen molar-refractivity contribution in [1.29, 1.82) is 0 Å². The highest BCUT2D eigenvalue weighted by atomic mass is 32.2. The van der Waals surface area contributed by atoms with Crippen molar-refractivity contribution in [3.8, 4) is 17.2 Å². The zero-order valence-corrected chi connectivity index (χ0v) is 18.6. The second-order valence-electron chi connectivity index (χ2n) is 7.28. The van der Waals surface area contributed by atoms with Gasteiger partial charge in [-0.05, 0) is 23.8 Å². The molecule has 1 aliphatic rings. The lowest BCUT2D eigenvalue weighted by Crippen LogP contribution is -2.40. The summed E-state index contributed by atoms with van der Waals surface area (Å²) in [6.45, 7) is 4.37. The van der Waals surface area contributed by atoms with Crippen LogP contribution in [0.1, 0.15) is 11.1 Å². The highest BCUT2D eigenvalue weighted by Crippen LogP contribution is 2.28. The van der Waals surface area contributed by atoms with Crippen molar-refractivity contribution in [2.75, 3.05) is 52.0 Å². The Balaban J connectivity index is 1.49. The summed E-state index contributed by atoms with van der Waals surface area (Å²) in [5.74, 6) is 4.47. The smallest absolute Gasteiger partial charge is 0.161 e. The molecule has 1 saturated heterocycles. The highest BCUT2D eigenvalue weighted by molar-refractivity contribution is 7.99. The Morgan fingerprint density at radius 1 is 1.00 bits per heavy atom. The number of aliphatic hydroxyl groups excluding tert-OH is 1. The molecule has 0 bridgehead atoms. The third-order valence-electron chi connectivity index (χ3n) is 5.07. The van der Waals surface area contributed by atoms with Crippen LogP contribution in [0.2, 0.25) is 0 Å². The average Bonchev–Trinajstić information content (AvgIpc) is 2.79. The topological polar surface area (TPSA) is 63.2 Å². The number of β-amino-alcohol motifs (C(OH)–C–C–N with tert-alkyl or cyclic N) is 1. The molecular weight excluding hydrogens is 400 g/mol. The van der Waals surface area contributed by atoms with Gasteiger partial charge in [0.15, 0.2) is 11.5 Å². The Morgan fingerprint density at radius 2 is 1.77 bits per heavy atom. The standard InChI is InChI=1S/C23H32N2O4S/c1-27-21-6-4-3-5-19(21)15-24-14-18-7-8-22(23(13-18)28-2)29-17-20(26)16-25-9-11-30-12-10-25/h3-8,13,20,24,26H,9-12,14-17H2,1-2H3. The molecule has 0 saturated carbocycles. The van der Waals surface area contributed by atoms with E-state index in [4.69, 9.17) is 14.2 Å². The molecule has 7 heteroatoms. The number of methoxy groups -OCH3 is 2. The molecule has 1 unspecified atom stereocenters. The van der Waals surface area contributed by atoms with Crippen LogP contribution in [0.15, 0.2) is 42.5 Å². The van der Waals surface area contributed by atoms with E-state index in [-0.39, 0.29) is 6.61 Å². The van der Waals surface area contributed by atoms with Gasteiger partial charge in [0.25, 0.3) is 0 Å². The first kappa shape index (κ1) is 22.7. The summed E-state index contributed by atoms with van der Waals surface area (Å²) in [7, 11) is 3.32. The SMILES string of the molecule is COc1ccccc1CNCc1ccc(OCC(O)CN2CCSCC2)c(OC)c1. The molecule has 1 fully saturated rings. The zero-order chi connectivity index (χ0) is 21.2. The monoisotopic (exact) mass is 432 g/mol. The minimum atomic E-state index is -0.514. The molecule has 164 valence electrons. The van der Waals surface area contributed by atoms with Gasteiger partial charge in [-0.15, -0.1) is 0 Å². The van der Waals surface area contributed by atoms with Crippen molar-refractivity contribution >= 4 is 11.8 Å². The van der Waals surface area contributed by atoms with Crippen molar-refractivity contribution in [1.82, 2.24) is 10.2 Å². The summed E-state index contributed by atoms with van der Waals surface area (Å²) >= 11 is 1.97. The lowest BCUT2D eigenvalue weighted by atomic mass is 10.1. The highest BCUT2D eigenvalue weighted by Gasteiger charge is 2.16. The summed E-state index contributed by atoms with van der Waals surface area (Å²) < 4.78 is 16.7. The van der Waals surface area contributed by atoms with Crippen LogP contribution in [0, 0.1) is 0 Å². The molecule has 1 heterocycles. The van der Waals surface area contributed by atoms with Gasteiger partial charge in [0.05, 0.1) is 14.2 Å². The van der Waals surface area contributed by atoms with E-state index in [1.165, 1.54) is 0 Å². The van der Waals surface area contributed by atoms with Crippen LogP contribution in [-0.4, -0.2) is 68.1 Å². The Labute approximate surface area is 183 Å². The third-order valence-corrected chi connectivity index (χ3v) is 6.01. The fourth-order valence-electron chi connectivity index (χ4n) is 3.45. The molecule has 1 aliphatic heterocycles. The number of aliphatic hydroxyl groups is 1. The van der Waals surface area contributed by atoms with Gasteiger partial charge in [0.2, 0.25) is 0 Å². The van der Waals surface area contributed by atoms with E-state index in [1.54, 1.807) is 14.2 Å². The Hall–Kier alpha value is -1.93. The largest absolute Gasteiger partial charge is 0.496 e. The Bertz CT molecular complexity index is 784. The summed E-state index contributed by atoms with van der Waals surface area (Å²) in [5, 5.41) is 13.7. The first-order valence-electron chi connectivity index (χ1n) is 10.3. The first-order chi connectivity index (χ1) is 14.7. The maximum atomic E-state index is 10.3. The van der Waals surface area contributed by atoms with Gasteiger partial charge in [-0.3, -0.25) is 4.90 Å². The van der Waals surface area contributed by atoms with Gasteiger partial charge in [0, 0.05) is 49.8 Å². The molecule has 2 aromatic carbocycles. The Morgan fingerprint density at radius 3 is 2.53 bits per heavy atom. The molecule has 0 spiro atoms. The number of rotatable bonds is 11. The molecule has 0 amide bonds. The Kier molecular flexibility index (Phi) is 9.14. The maximum absolute atomic E-state index is 10.3. The number of nitrogens with zero attached hydrogens (tertiary/aromatic N) is 1. The number of hydrogen-bond acceptors (Lipinski definition) is 7. The first-order valence-corrected chi connectivity index (χ1v) is 11.5. The van der Waals surface area contributed by atoms with Gasteiger partial charge >= 0.3 is 0 Å². The lowest BCUT2D eigenvalue weighted by molar-refractivity contribution is 0.0705. The van der Waals surface area contributed by atoms with E-state index in [1.807, 2.05) is 48.2 Å². The fraction of sp³-hybridized carbons (Fsp3) is 0.478. The van der Waals surface area contributed by atoms with E-state index in [9.17, 15) is 5.11 Å². The van der Waals surface area contributed by atoms with Crippen LogP contribution in [0.4, 0.5) is 0 Å². The molecule has 30 heavy (non-hydrogen) atoms. The van der Waals surface area contributed by atoms with Crippen molar-refractivity contribution < 1.29 is 19.3 Å². The molecule has 3 rings (SSSR count). The van der Waals surface area contributed by atoms with Gasteiger partial charge in [-0.1, -0.05) is 24.3 Å². The fourth-order valence-corrected chi connectivity index (χ4v) is 4.43. The van der Waals surface area contributed by atoms with E-state index >= 15 is 0 Å². The molecule has 0 aromatic heterocycles. The number of thioether (sulfide) groups is 1. The van der Waals surface area contributed by atoms with Gasteiger partial charge in [0.1, 0.15) is 18.5 Å². The van der Waals surface area contributed by atoms with Gasteiger partial charge in [-0.2, -0.15) is 11.8 Å². The van der Waals surface area contributed by atoms with Gasteiger partial charge in [-0.25, -0.2) is 0 Å². The normalized spacial score (nSPS) is 15.6. The summed E-state index contributed by atoms with van der Waals surface area (Å²) in [6.07, 6.45) is -0.514. The number of nitrogens with one attached hydrogen (secondary N) is 1. The van der Waals surface area contributed by atoms with E-state index in [0.29, 0.717) is 31.1 Å². The number of benzene rings is 2. The second kappa shape index (κ2) is 12.1. The number of para-hydroxylation sites is 1. The van der Waals surface area contributed by atoms with Crippen LogP contribution in [0.3, 0.4) is 0 Å². The molecule has 0 aliphatic carbocycles. The number of ether oxygens (including phenoxy) is 3. The molecule has 1 atom stereocenters. The van der Waals surface area contributed by atoms with E-state index in [2.05, 4.69) is 16.3 Å². The summed E-state index contributed by atoms with van der Waals surface area (Å²) in [6, 6.07) is 13.9. The minimum absolute atomic E-state index is 0.255. The van der Waals surface area contributed by atoms with Gasteiger partial charge < -0.3 is 24.6 Å². The third kappa shape index (κ3) is 6.80. The predicted molar refractivity (Wildman–Crippen MR) is 122 cm³/mol. The van der Waals surface area contributed by atoms with Crippen molar-refractivity contribution in [2.45, 2.75) is 19.2 Å². The van der Waals surface area contributed by atoms with Crippen molar-refractivity contribution in [2.24, 2.45) is 0 Å². The average molecular weight is 433 g/mol. The second-order valence-corrected chi connectivity index (χ2v) is 8.50. The maximum Gasteiger partial charge on any atom is 0.161 e. The quantitative estimate of drug-likeness (QED) is 0.566. The molecule has 0 radical (unpaired) electrons. The predicted octanol–water partition coefficient (Wildman–Crippen LogP) is 2.78. The van der Waals surface area contributed by atoms with Crippen LogP contribution in [-0.2, 0) is 13.1 Å². The van der Waals surface area contributed by atoms with E-state index < -0.39 is 6.10 Å². The zero-order valence-electron chi connectivity index (χ0n) is 17.8. The molecule has 2 aromatic rings. The lowest BCUT2D eigenvalue weighted by Gasteiger charge is -2.28. The molecule has 2 N–H and O–H groups in total. The van der Waals surface area contributed by atoms with Crippen LogP contribution >= 0.6 is 11.8 Å².